The SMILES string of the molecule is CCC(CO)NC(=O)c1nonc1N. The lowest BCUT2D eigenvalue weighted by Gasteiger charge is -2.12. The molecule has 1 aromatic rings. The summed E-state index contributed by atoms with van der Waals surface area (Å²) in [6.45, 7) is 1.71. The molecule has 0 aromatic carbocycles. The van der Waals surface area contributed by atoms with Crippen LogP contribution in [0.25, 0.3) is 0 Å². The zero-order chi connectivity index (χ0) is 10.6. The van der Waals surface area contributed by atoms with E-state index in [1.54, 1.807) is 0 Å². The summed E-state index contributed by atoms with van der Waals surface area (Å²) in [4.78, 5) is 11.4. The summed E-state index contributed by atoms with van der Waals surface area (Å²) in [6.07, 6.45) is 0.618. The van der Waals surface area contributed by atoms with Gasteiger partial charge in [-0.05, 0) is 16.7 Å². The minimum Gasteiger partial charge on any atom is -0.394 e. The van der Waals surface area contributed by atoms with Crippen LogP contribution in [0.3, 0.4) is 0 Å². The molecule has 1 amide bonds. The predicted molar refractivity (Wildman–Crippen MR) is 47.3 cm³/mol. The first-order valence-corrected chi connectivity index (χ1v) is 4.18. The molecule has 7 heteroatoms. The highest BCUT2D eigenvalue weighted by atomic mass is 16.6. The van der Waals surface area contributed by atoms with Crippen LogP contribution in [-0.2, 0) is 0 Å². The first kappa shape index (κ1) is 10.5. The third kappa shape index (κ3) is 2.19. The maximum Gasteiger partial charge on any atom is 0.277 e. The number of carbonyl (C=O) groups excluding carboxylic acids is 1. The van der Waals surface area contributed by atoms with E-state index in [9.17, 15) is 4.79 Å². The largest absolute Gasteiger partial charge is 0.394 e. The van der Waals surface area contributed by atoms with Gasteiger partial charge in [-0.25, -0.2) is 4.63 Å². The molecule has 0 spiro atoms. The highest BCUT2D eigenvalue weighted by Gasteiger charge is 2.18. The minimum absolute atomic E-state index is 0.0584. The second-order valence-electron chi connectivity index (χ2n) is 2.76. The molecule has 0 aliphatic rings. The molecule has 1 aromatic heterocycles. The molecule has 1 rings (SSSR count). The van der Waals surface area contributed by atoms with Gasteiger partial charge in [0.05, 0.1) is 12.6 Å². The summed E-state index contributed by atoms with van der Waals surface area (Å²) in [7, 11) is 0. The molecule has 7 nitrogen and oxygen atoms in total. The Bertz CT molecular complexity index is 308. The van der Waals surface area contributed by atoms with Gasteiger partial charge in [0.1, 0.15) is 0 Å². The van der Waals surface area contributed by atoms with E-state index in [0.29, 0.717) is 6.42 Å². The predicted octanol–water partition coefficient (Wildman–Crippen LogP) is -0.848. The average Bonchev–Trinajstić information content (AvgIpc) is 2.60. The van der Waals surface area contributed by atoms with Crippen LogP contribution in [0, 0.1) is 0 Å². The standard InChI is InChI=1S/C7H12N4O3/c1-2-4(3-12)9-7(13)5-6(8)11-14-10-5/h4,12H,2-3H2,1H3,(H2,8,11)(H,9,13). The maximum absolute atomic E-state index is 11.4. The fourth-order valence-electron chi connectivity index (χ4n) is 0.884. The second kappa shape index (κ2) is 4.56. The van der Waals surface area contributed by atoms with Crippen LogP contribution in [0.5, 0.6) is 0 Å². The Morgan fingerprint density at radius 3 is 2.86 bits per heavy atom. The first-order chi connectivity index (χ1) is 6.69. The lowest BCUT2D eigenvalue weighted by atomic mass is 10.2. The van der Waals surface area contributed by atoms with Crippen LogP contribution in [0.4, 0.5) is 5.82 Å². The summed E-state index contributed by atoms with van der Waals surface area (Å²) in [5.41, 5.74) is 5.25. The van der Waals surface area contributed by atoms with Crippen molar-refractivity contribution in [2.45, 2.75) is 19.4 Å². The number of nitrogens with zero attached hydrogens (tertiary/aromatic N) is 2. The molecule has 1 unspecified atom stereocenters. The number of aliphatic hydroxyl groups is 1. The number of nitrogens with one attached hydrogen (secondary N) is 1. The number of nitrogen functional groups attached to an aromatic ring is 1. The van der Waals surface area contributed by atoms with E-state index in [1.165, 1.54) is 0 Å². The van der Waals surface area contributed by atoms with Crippen LogP contribution < -0.4 is 11.1 Å². The number of amides is 1. The Morgan fingerprint density at radius 1 is 1.71 bits per heavy atom. The van der Waals surface area contributed by atoms with Gasteiger partial charge < -0.3 is 16.2 Å². The van der Waals surface area contributed by atoms with Gasteiger partial charge in [-0.2, -0.15) is 0 Å². The van der Waals surface area contributed by atoms with E-state index in [-0.39, 0.29) is 24.2 Å². The van der Waals surface area contributed by atoms with E-state index in [1.807, 2.05) is 6.92 Å². The van der Waals surface area contributed by atoms with Crippen LogP contribution in [0.2, 0.25) is 0 Å². The smallest absolute Gasteiger partial charge is 0.277 e. The molecule has 4 N–H and O–H groups in total. The van der Waals surface area contributed by atoms with Crippen molar-refractivity contribution in [2.24, 2.45) is 0 Å². The van der Waals surface area contributed by atoms with Gasteiger partial charge in [0, 0.05) is 0 Å². The summed E-state index contributed by atoms with van der Waals surface area (Å²) in [5, 5.41) is 18.0. The molecule has 0 bridgehead atoms. The van der Waals surface area contributed by atoms with Crippen molar-refractivity contribution in [3.05, 3.63) is 5.69 Å². The Hall–Kier alpha value is -1.63. The molecule has 78 valence electrons. The number of hydrogen-bond acceptors (Lipinski definition) is 6. The van der Waals surface area contributed by atoms with Crippen molar-refractivity contribution in [3.8, 4) is 0 Å². The molecule has 0 fully saturated rings. The van der Waals surface area contributed by atoms with Crippen molar-refractivity contribution in [3.63, 3.8) is 0 Å². The Morgan fingerprint density at radius 2 is 2.43 bits per heavy atom. The van der Waals surface area contributed by atoms with Gasteiger partial charge in [0.2, 0.25) is 11.5 Å². The van der Waals surface area contributed by atoms with Crippen LogP contribution >= 0.6 is 0 Å². The van der Waals surface area contributed by atoms with E-state index < -0.39 is 5.91 Å². The zero-order valence-corrected chi connectivity index (χ0v) is 7.73. The van der Waals surface area contributed by atoms with E-state index in [4.69, 9.17) is 10.8 Å². The summed E-state index contributed by atoms with van der Waals surface area (Å²) < 4.78 is 4.27. The third-order valence-electron chi connectivity index (χ3n) is 1.78. The highest BCUT2D eigenvalue weighted by Crippen LogP contribution is 2.04. The number of aromatic nitrogens is 2. The van der Waals surface area contributed by atoms with Crippen molar-refractivity contribution in [2.75, 3.05) is 12.3 Å². The summed E-state index contributed by atoms with van der Waals surface area (Å²) in [5.74, 6) is -0.556. The second-order valence-corrected chi connectivity index (χ2v) is 2.76. The van der Waals surface area contributed by atoms with Crippen LogP contribution in [-0.4, -0.2) is 34.0 Å². The Balaban J connectivity index is 2.63. The molecule has 0 saturated carbocycles. The Labute approximate surface area is 80.2 Å². The Kier molecular flexibility index (Phi) is 3.41. The third-order valence-corrected chi connectivity index (χ3v) is 1.78. The highest BCUT2D eigenvalue weighted by molar-refractivity contribution is 5.96. The molecular weight excluding hydrogens is 188 g/mol. The molecule has 1 heterocycles. The molecule has 0 saturated heterocycles. The normalized spacial score (nSPS) is 12.4. The van der Waals surface area contributed by atoms with E-state index in [0.717, 1.165) is 0 Å². The fraction of sp³-hybridized carbons (Fsp3) is 0.571. The first-order valence-electron chi connectivity index (χ1n) is 4.18. The van der Waals surface area contributed by atoms with Crippen molar-refractivity contribution >= 4 is 11.7 Å². The number of anilines is 1. The lowest BCUT2D eigenvalue weighted by Crippen LogP contribution is -2.37. The number of hydrogen-bond donors (Lipinski definition) is 3. The summed E-state index contributed by atoms with van der Waals surface area (Å²) in [6, 6.07) is -0.307. The fourth-order valence-corrected chi connectivity index (χ4v) is 0.884. The molecular formula is C7H12N4O3. The number of aliphatic hydroxyl groups excluding tert-OH is 1. The van der Waals surface area contributed by atoms with Crippen molar-refractivity contribution < 1.29 is 14.5 Å². The van der Waals surface area contributed by atoms with Crippen LogP contribution in [0.15, 0.2) is 4.63 Å². The van der Waals surface area contributed by atoms with Gasteiger partial charge in [0.15, 0.2) is 0 Å². The van der Waals surface area contributed by atoms with Crippen molar-refractivity contribution in [1.82, 2.24) is 15.6 Å². The van der Waals surface area contributed by atoms with E-state index >= 15 is 0 Å². The van der Waals surface area contributed by atoms with E-state index in [2.05, 4.69) is 20.3 Å². The van der Waals surface area contributed by atoms with Crippen molar-refractivity contribution in [1.29, 1.82) is 0 Å². The molecule has 0 aliphatic carbocycles. The van der Waals surface area contributed by atoms with Gasteiger partial charge >= 0.3 is 0 Å². The molecule has 14 heavy (non-hydrogen) atoms. The summed E-state index contributed by atoms with van der Waals surface area (Å²) >= 11 is 0. The monoisotopic (exact) mass is 200 g/mol. The number of nitrogens with two attached hydrogens (primary N) is 1. The quantitative estimate of drug-likeness (QED) is 0.583. The number of carbonyl (C=O) groups is 1. The zero-order valence-electron chi connectivity index (χ0n) is 7.73. The van der Waals surface area contributed by atoms with Gasteiger partial charge in [0.25, 0.3) is 5.91 Å². The number of rotatable bonds is 4. The van der Waals surface area contributed by atoms with Gasteiger partial charge in [-0.3, -0.25) is 4.79 Å². The maximum atomic E-state index is 11.4. The topological polar surface area (TPSA) is 114 Å². The van der Waals surface area contributed by atoms with Gasteiger partial charge in [-0.1, -0.05) is 6.92 Å². The molecule has 1 atom stereocenters. The molecule has 0 aliphatic heterocycles. The average molecular weight is 200 g/mol. The minimum atomic E-state index is -0.496. The lowest BCUT2D eigenvalue weighted by molar-refractivity contribution is 0.0905. The van der Waals surface area contributed by atoms with Crippen LogP contribution in [0.1, 0.15) is 23.8 Å². The van der Waals surface area contributed by atoms with Gasteiger partial charge in [-0.15, -0.1) is 0 Å². The molecule has 0 radical (unpaired) electrons.